The maximum atomic E-state index is 11.4. The van der Waals surface area contributed by atoms with Crippen molar-refractivity contribution in [2.75, 3.05) is 13.2 Å². The molecule has 0 aromatic carbocycles. The van der Waals surface area contributed by atoms with E-state index in [9.17, 15) is 4.79 Å². The van der Waals surface area contributed by atoms with Crippen molar-refractivity contribution in [2.24, 2.45) is 0 Å². The molecule has 21 heavy (non-hydrogen) atoms. The summed E-state index contributed by atoms with van der Waals surface area (Å²) in [6.45, 7) is 6.04. The molecule has 0 unspecified atom stereocenters. The van der Waals surface area contributed by atoms with Crippen molar-refractivity contribution >= 4 is 40.9 Å². The van der Waals surface area contributed by atoms with Crippen molar-refractivity contribution in [2.45, 2.75) is 32.8 Å². The first kappa shape index (κ1) is 18.1. The van der Waals surface area contributed by atoms with E-state index in [1.807, 2.05) is 0 Å². The van der Waals surface area contributed by atoms with E-state index in [1.54, 1.807) is 20.8 Å². The SMILES string of the molecule is CC(C)(C)OC(=O)NCCCOc1c(Cl)nc(Cl)nc1Cl. The van der Waals surface area contributed by atoms with E-state index >= 15 is 0 Å². The largest absolute Gasteiger partial charge is 0.487 e. The lowest BCUT2D eigenvalue weighted by atomic mass is 10.2. The molecule has 0 radical (unpaired) electrons. The summed E-state index contributed by atoms with van der Waals surface area (Å²) in [7, 11) is 0. The lowest BCUT2D eigenvalue weighted by Gasteiger charge is -2.19. The Hall–Kier alpha value is -0.980. The Kier molecular flexibility index (Phi) is 6.77. The average Bonchev–Trinajstić information content (AvgIpc) is 2.29. The summed E-state index contributed by atoms with van der Waals surface area (Å²) < 4.78 is 10.5. The number of carbonyl (C=O) groups excluding carboxylic acids is 1. The van der Waals surface area contributed by atoms with Gasteiger partial charge < -0.3 is 14.8 Å². The van der Waals surface area contributed by atoms with Crippen LogP contribution in [0.3, 0.4) is 0 Å². The molecule has 0 aliphatic rings. The standard InChI is InChI=1S/C12H16Cl3N3O3/c1-12(2,3)21-11(19)16-5-4-6-20-7-8(13)17-10(15)18-9(7)14/h4-6H2,1-3H3,(H,16,19). The van der Waals surface area contributed by atoms with E-state index in [4.69, 9.17) is 44.3 Å². The summed E-state index contributed by atoms with van der Waals surface area (Å²) in [4.78, 5) is 18.8. The van der Waals surface area contributed by atoms with Crippen LogP contribution in [0.5, 0.6) is 5.75 Å². The summed E-state index contributed by atoms with van der Waals surface area (Å²) in [5, 5.41) is 2.64. The van der Waals surface area contributed by atoms with Gasteiger partial charge in [-0.2, -0.15) is 0 Å². The fourth-order valence-electron chi connectivity index (χ4n) is 1.24. The van der Waals surface area contributed by atoms with Gasteiger partial charge in [0.2, 0.25) is 5.28 Å². The van der Waals surface area contributed by atoms with Gasteiger partial charge in [0.05, 0.1) is 6.61 Å². The highest BCUT2D eigenvalue weighted by Gasteiger charge is 2.15. The third-order valence-electron chi connectivity index (χ3n) is 1.99. The van der Waals surface area contributed by atoms with Crippen LogP contribution in [-0.2, 0) is 4.74 Å². The second kappa shape index (κ2) is 7.87. The molecule has 0 bridgehead atoms. The Morgan fingerprint density at radius 2 is 1.76 bits per heavy atom. The van der Waals surface area contributed by atoms with Crippen molar-refractivity contribution in [1.29, 1.82) is 0 Å². The number of carbonyl (C=O) groups is 1. The van der Waals surface area contributed by atoms with Crippen LogP contribution in [0.1, 0.15) is 27.2 Å². The minimum atomic E-state index is -0.526. The number of alkyl carbamates (subject to hydrolysis) is 1. The van der Waals surface area contributed by atoms with E-state index in [-0.39, 0.29) is 27.9 Å². The van der Waals surface area contributed by atoms with Crippen LogP contribution in [0, 0.1) is 0 Å². The van der Waals surface area contributed by atoms with Crippen LogP contribution < -0.4 is 10.1 Å². The number of ether oxygens (including phenoxy) is 2. The molecule has 1 aromatic heterocycles. The van der Waals surface area contributed by atoms with E-state index in [2.05, 4.69) is 15.3 Å². The Morgan fingerprint density at radius 1 is 1.19 bits per heavy atom. The first-order valence-electron chi connectivity index (χ1n) is 6.17. The summed E-state index contributed by atoms with van der Waals surface area (Å²) in [5.41, 5.74) is -0.526. The van der Waals surface area contributed by atoms with Gasteiger partial charge in [0.1, 0.15) is 5.60 Å². The zero-order valence-corrected chi connectivity index (χ0v) is 14.1. The van der Waals surface area contributed by atoms with Gasteiger partial charge in [-0.3, -0.25) is 0 Å². The predicted octanol–water partition coefficient (Wildman–Crippen LogP) is 3.73. The molecule has 0 saturated carbocycles. The molecule has 0 aliphatic carbocycles. The smallest absolute Gasteiger partial charge is 0.407 e. The maximum Gasteiger partial charge on any atom is 0.407 e. The second-order valence-corrected chi connectivity index (χ2v) is 6.09. The summed E-state index contributed by atoms with van der Waals surface area (Å²) >= 11 is 17.3. The highest BCUT2D eigenvalue weighted by molar-refractivity contribution is 6.37. The number of nitrogens with zero attached hydrogens (tertiary/aromatic N) is 2. The molecule has 0 fully saturated rings. The fraction of sp³-hybridized carbons (Fsp3) is 0.583. The third kappa shape index (κ3) is 7.02. The molecule has 0 atom stereocenters. The molecule has 0 aliphatic heterocycles. The van der Waals surface area contributed by atoms with Gasteiger partial charge in [-0.1, -0.05) is 23.2 Å². The number of halogens is 3. The first-order valence-corrected chi connectivity index (χ1v) is 7.30. The maximum absolute atomic E-state index is 11.4. The number of aromatic nitrogens is 2. The van der Waals surface area contributed by atoms with Crippen LogP contribution in [-0.4, -0.2) is 34.8 Å². The van der Waals surface area contributed by atoms with Crippen LogP contribution in [0.2, 0.25) is 15.6 Å². The fourth-order valence-corrected chi connectivity index (χ4v) is 2.00. The van der Waals surface area contributed by atoms with Crippen molar-refractivity contribution < 1.29 is 14.3 Å². The number of amides is 1. The van der Waals surface area contributed by atoms with Crippen molar-refractivity contribution in [3.05, 3.63) is 15.6 Å². The highest BCUT2D eigenvalue weighted by atomic mass is 35.5. The molecule has 1 aromatic rings. The van der Waals surface area contributed by atoms with Gasteiger partial charge in [0, 0.05) is 6.54 Å². The Balaban J connectivity index is 2.31. The molecule has 0 spiro atoms. The number of rotatable bonds is 5. The van der Waals surface area contributed by atoms with Crippen LogP contribution in [0.15, 0.2) is 0 Å². The van der Waals surface area contributed by atoms with Gasteiger partial charge in [0.25, 0.3) is 0 Å². The number of nitrogens with one attached hydrogen (secondary N) is 1. The third-order valence-corrected chi connectivity index (χ3v) is 2.67. The molecular formula is C12H16Cl3N3O3. The lowest BCUT2D eigenvalue weighted by Crippen LogP contribution is -2.33. The number of hydrogen-bond acceptors (Lipinski definition) is 5. The van der Waals surface area contributed by atoms with Crippen molar-refractivity contribution in [1.82, 2.24) is 15.3 Å². The van der Waals surface area contributed by atoms with Crippen molar-refractivity contribution in [3.8, 4) is 5.75 Å². The van der Waals surface area contributed by atoms with E-state index in [0.717, 1.165) is 0 Å². The van der Waals surface area contributed by atoms with Gasteiger partial charge in [-0.15, -0.1) is 0 Å². The highest BCUT2D eigenvalue weighted by Crippen LogP contribution is 2.30. The first-order chi connectivity index (χ1) is 9.69. The molecule has 1 amide bonds. The summed E-state index contributed by atoms with van der Waals surface area (Å²) in [5.74, 6) is 0.167. The molecule has 118 valence electrons. The van der Waals surface area contributed by atoms with Crippen LogP contribution >= 0.6 is 34.8 Å². The van der Waals surface area contributed by atoms with Gasteiger partial charge in [-0.05, 0) is 38.8 Å². The van der Waals surface area contributed by atoms with E-state index in [1.165, 1.54) is 0 Å². The molecular weight excluding hydrogens is 341 g/mol. The zero-order chi connectivity index (χ0) is 16.0. The monoisotopic (exact) mass is 355 g/mol. The Labute approximate surface area is 138 Å². The van der Waals surface area contributed by atoms with Gasteiger partial charge in [-0.25, -0.2) is 14.8 Å². The topological polar surface area (TPSA) is 73.3 Å². The van der Waals surface area contributed by atoms with Gasteiger partial charge >= 0.3 is 6.09 Å². The normalized spacial score (nSPS) is 11.1. The lowest BCUT2D eigenvalue weighted by molar-refractivity contribution is 0.0525. The quantitative estimate of drug-likeness (QED) is 0.494. The summed E-state index contributed by atoms with van der Waals surface area (Å²) in [6.07, 6.45) is 0.0579. The Morgan fingerprint density at radius 3 is 2.29 bits per heavy atom. The minimum absolute atomic E-state index is 0.0418. The van der Waals surface area contributed by atoms with E-state index < -0.39 is 11.7 Å². The molecule has 1 rings (SSSR count). The minimum Gasteiger partial charge on any atom is -0.487 e. The molecule has 1 heterocycles. The van der Waals surface area contributed by atoms with Gasteiger partial charge in [0.15, 0.2) is 16.1 Å². The van der Waals surface area contributed by atoms with Crippen LogP contribution in [0.25, 0.3) is 0 Å². The summed E-state index contributed by atoms with van der Waals surface area (Å²) in [6, 6.07) is 0. The van der Waals surface area contributed by atoms with Crippen LogP contribution in [0.4, 0.5) is 4.79 Å². The molecule has 0 saturated heterocycles. The van der Waals surface area contributed by atoms with E-state index in [0.29, 0.717) is 13.0 Å². The number of hydrogen-bond donors (Lipinski definition) is 1. The molecule has 6 nitrogen and oxygen atoms in total. The molecule has 9 heteroatoms. The Bertz CT molecular complexity index is 483. The van der Waals surface area contributed by atoms with Crippen molar-refractivity contribution in [3.63, 3.8) is 0 Å². The average molecular weight is 357 g/mol. The second-order valence-electron chi connectivity index (χ2n) is 5.03. The predicted molar refractivity (Wildman–Crippen MR) is 81.4 cm³/mol. The molecule has 1 N–H and O–H groups in total. The zero-order valence-electron chi connectivity index (χ0n) is 11.9.